The van der Waals surface area contributed by atoms with Crippen molar-refractivity contribution in [1.82, 2.24) is 0 Å². The molecule has 0 aliphatic heterocycles. The summed E-state index contributed by atoms with van der Waals surface area (Å²) < 4.78 is 26.6. The van der Waals surface area contributed by atoms with Crippen molar-refractivity contribution in [3.8, 4) is 0 Å². The van der Waals surface area contributed by atoms with Crippen LogP contribution in [-0.2, 0) is 10.0 Å². The zero-order valence-electron chi connectivity index (χ0n) is 11.6. The van der Waals surface area contributed by atoms with E-state index in [1.807, 2.05) is 13.0 Å². The van der Waals surface area contributed by atoms with Crippen LogP contribution in [-0.4, -0.2) is 15.0 Å². The van der Waals surface area contributed by atoms with Gasteiger partial charge in [0.05, 0.1) is 10.6 Å². The monoisotopic (exact) mass is 290 g/mol. The number of hydrogen-bond acceptors (Lipinski definition) is 3. The fourth-order valence-corrected chi connectivity index (χ4v) is 3.48. The number of sulfonamides is 1. The molecular weight excluding hydrogens is 272 g/mol. The van der Waals surface area contributed by atoms with Crippen LogP contribution in [0.4, 0.5) is 11.4 Å². The Bertz CT molecular complexity index is 697. The van der Waals surface area contributed by atoms with E-state index in [1.54, 1.807) is 49.4 Å². The summed E-state index contributed by atoms with van der Waals surface area (Å²) >= 11 is 0. The van der Waals surface area contributed by atoms with Crippen LogP contribution in [0.15, 0.2) is 53.4 Å². The van der Waals surface area contributed by atoms with Gasteiger partial charge in [0.2, 0.25) is 0 Å². The van der Waals surface area contributed by atoms with Crippen LogP contribution in [0, 0.1) is 6.92 Å². The second kappa shape index (κ2) is 5.54. The normalized spacial score (nSPS) is 11.3. The van der Waals surface area contributed by atoms with Gasteiger partial charge in [-0.3, -0.25) is 4.31 Å². The third-order valence-electron chi connectivity index (χ3n) is 3.17. The van der Waals surface area contributed by atoms with Crippen LogP contribution < -0.4 is 10.0 Å². The molecule has 0 heterocycles. The minimum atomic E-state index is -3.56. The van der Waals surface area contributed by atoms with Crippen LogP contribution in [0.1, 0.15) is 12.5 Å². The van der Waals surface area contributed by atoms with Crippen molar-refractivity contribution in [3.05, 3.63) is 54.1 Å². The van der Waals surface area contributed by atoms with Crippen molar-refractivity contribution in [2.24, 2.45) is 0 Å². The lowest BCUT2D eigenvalue weighted by Crippen LogP contribution is -2.30. The Balaban J connectivity index is 2.49. The largest absolute Gasteiger partial charge is 0.398 e. The molecule has 2 N–H and O–H groups in total. The van der Waals surface area contributed by atoms with E-state index in [9.17, 15) is 8.42 Å². The summed E-state index contributed by atoms with van der Waals surface area (Å²) in [5.41, 5.74) is 7.98. The molecule has 0 radical (unpaired) electrons. The summed E-state index contributed by atoms with van der Waals surface area (Å²) in [6, 6.07) is 13.7. The van der Waals surface area contributed by atoms with E-state index in [1.165, 1.54) is 4.31 Å². The first-order chi connectivity index (χ1) is 9.46. The van der Waals surface area contributed by atoms with Gasteiger partial charge in [-0.15, -0.1) is 0 Å². The Hall–Kier alpha value is -2.01. The van der Waals surface area contributed by atoms with E-state index < -0.39 is 10.0 Å². The van der Waals surface area contributed by atoms with Crippen molar-refractivity contribution in [2.75, 3.05) is 16.6 Å². The summed E-state index contributed by atoms with van der Waals surface area (Å²) in [7, 11) is -3.56. The molecule has 0 unspecified atom stereocenters. The second-order valence-electron chi connectivity index (χ2n) is 4.52. The Morgan fingerprint density at radius 2 is 1.75 bits per heavy atom. The zero-order valence-corrected chi connectivity index (χ0v) is 12.4. The SMILES string of the molecule is CCN(c1ccc(C)c(N)c1)S(=O)(=O)c1ccccc1. The molecule has 0 saturated carbocycles. The minimum Gasteiger partial charge on any atom is -0.398 e. The van der Waals surface area contributed by atoms with E-state index >= 15 is 0 Å². The van der Waals surface area contributed by atoms with Gasteiger partial charge >= 0.3 is 0 Å². The van der Waals surface area contributed by atoms with Crippen LogP contribution in [0.25, 0.3) is 0 Å². The number of nitrogen functional groups attached to an aromatic ring is 1. The minimum absolute atomic E-state index is 0.279. The van der Waals surface area contributed by atoms with E-state index in [-0.39, 0.29) is 4.90 Å². The van der Waals surface area contributed by atoms with Crippen LogP contribution in [0.5, 0.6) is 0 Å². The highest BCUT2D eigenvalue weighted by atomic mass is 32.2. The molecule has 0 aliphatic carbocycles. The van der Waals surface area contributed by atoms with Gasteiger partial charge in [-0.25, -0.2) is 8.42 Å². The molecule has 0 saturated heterocycles. The van der Waals surface area contributed by atoms with Gasteiger partial charge in [-0.05, 0) is 43.7 Å². The lowest BCUT2D eigenvalue weighted by molar-refractivity contribution is 0.592. The number of benzene rings is 2. The first-order valence-corrected chi connectivity index (χ1v) is 7.84. The molecule has 0 fully saturated rings. The van der Waals surface area contributed by atoms with Gasteiger partial charge in [0.1, 0.15) is 0 Å². The molecule has 0 aliphatic rings. The molecule has 5 heteroatoms. The van der Waals surface area contributed by atoms with Gasteiger partial charge in [0.15, 0.2) is 0 Å². The second-order valence-corrected chi connectivity index (χ2v) is 6.39. The molecule has 0 amide bonds. The summed E-state index contributed by atoms with van der Waals surface area (Å²) in [6.07, 6.45) is 0. The van der Waals surface area contributed by atoms with Crippen LogP contribution in [0.2, 0.25) is 0 Å². The van der Waals surface area contributed by atoms with Crippen molar-refractivity contribution in [2.45, 2.75) is 18.7 Å². The lowest BCUT2D eigenvalue weighted by atomic mass is 10.2. The van der Waals surface area contributed by atoms with Gasteiger partial charge in [-0.1, -0.05) is 24.3 Å². The first kappa shape index (κ1) is 14.4. The summed E-state index contributed by atoms with van der Waals surface area (Å²) in [5, 5.41) is 0. The van der Waals surface area contributed by atoms with Crippen molar-refractivity contribution >= 4 is 21.4 Å². The number of hydrogen-bond donors (Lipinski definition) is 1. The average molecular weight is 290 g/mol. The average Bonchev–Trinajstić information content (AvgIpc) is 2.44. The standard InChI is InChI=1S/C15H18N2O2S/c1-3-17(13-10-9-12(2)15(16)11-13)20(18,19)14-7-5-4-6-8-14/h4-11H,3,16H2,1-2H3. The number of nitrogens with zero attached hydrogens (tertiary/aromatic N) is 1. The quantitative estimate of drug-likeness (QED) is 0.881. The smallest absolute Gasteiger partial charge is 0.264 e. The Morgan fingerprint density at radius 3 is 2.30 bits per heavy atom. The van der Waals surface area contributed by atoms with E-state index in [0.29, 0.717) is 17.9 Å². The third-order valence-corrected chi connectivity index (χ3v) is 5.09. The molecule has 2 rings (SSSR count). The van der Waals surface area contributed by atoms with Gasteiger partial charge in [0.25, 0.3) is 10.0 Å². The van der Waals surface area contributed by atoms with Crippen molar-refractivity contribution in [3.63, 3.8) is 0 Å². The van der Waals surface area contributed by atoms with Crippen molar-refractivity contribution < 1.29 is 8.42 Å². The predicted molar refractivity (Wildman–Crippen MR) is 82.2 cm³/mol. The molecule has 2 aromatic carbocycles. The number of nitrogens with two attached hydrogens (primary N) is 1. The number of aryl methyl sites for hydroxylation is 1. The summed E-state index contributed by atoms with van der Waals surface area (Å²) in [4.78, 5) is 0.279. The molecule has 20 heavy (non-hydrogen) atoms. The molecule has 106 valence electrons. The molecule has 0 atom stereocenters. The third kappa shape index (κ3) is 2.63. The highest BCUT2D eigenvalue weighted by Gasteiger charge is 2.23. The van der Waals surface area contributed by atoms with Gasteiger partial charge < -0.3 is 5.73 Å². The first-order valence-electron chi connectivity index (χ1n) is 6.40. The molecule has 0 aromatic heterocycles. The summed E-state index contributed by atoms with van der Waals surface area (Å²) in [6.45, 7) is 4.04. The predicted octanol–water partition coefficient (Wildman–Crippen LogP) is 2.79. The molecule has 4 nitrogen and oxygen atoms in total. The Morgan fingerprint density at radius 1 is 1.10 bits per heavy atom. The molecular formula is C15H18N2O2S. The summed E-state index contributed by atoms with van der Waals surface area (Å²) in [5.74, 6) is 0. The fourth-order valence-electron chi connectivity index (χ4n) is 1.99. The van der Waals surface area contributed by atoms with E-state index in [4.69, 9.17) is 5.73 Å². The maximum atomic E-state index is 12.6. The van der Waals surface area contributed by atoms with Crippen LogP contribution in [0.3, 0.4) is 0 Å². The highest BCUT2D eigenvalue weighted by Crippen LogP contribution is 2.26. The maximum absolute atomic E-state index is 12.6. The van der Waals surface area contributed by atoms with E-state index in [0.717, 1.165) is 5.56 Å². The Kier molecular flexibility index (Phi) is 3.99. The lowest BCUT2D eigenvalue weighted by Gasteiger charge is -2.23. The maximum Gasteiger partial charge on any atom is 0.264 e. The number of anilines is 2. The zero-order chi connectivity index (χ0) is 14.8. The van der Waals surface area contributed by atoms with Crippen LogP contribution >= 0.6 is 0 Å². The Labute approximate surface area is 119 Å². The molecule has 2 aromatic rings. The number of rotatable bonds is 4. The highest BCUT2D eigenvalue weighted by molar-refractivity contribution is 7.92. The van der Waals surface area contributed by atoms with Gasteiger partial charge in [0, 0.05) is 12.2 Å². The topological polar surface area (TPSA) is 63.4 Å². The molecule has 0 spiro atoms. The van der Waals surface area contributed by atoms with E-state index in [2.05, 4.69) is 0 Å². The fraction of sp³-hybridized carbons (Fsp3) is 0.200. The van der Waals surface area contributed by atoms with Crippen molar-refractivity contribution in [1.29, 1.82) is 0 Å². The van der Waals surface area contributed by atoms with Gasteiger partial charge in [-0.2, -0.15) is 0 Å². The molecule has 0 bridgehead atoms.